The van der Waals surface area contributed by atoms with Crippen LogP contribution in [-0.2, 0) is 13.0 Å². The average Bonchev–Trinajstić information content (AvgIpc) is 3.30. The Bertz CT molecular complexity index is 686. The number of benzene rings is 1. The summed E-state index contributed by atoms with van der Waals surface area (Å²) >= 11 is 1.76. The van der Waals surface area contributed by atoms with Crippen LogP contribution in [0.4, 0.5) is 5.13 Å². The van der Waals surface area contributed by atoms with E-state index < -0.39 is 0 Å². The summed E-state index contributed by atoms with van der Waals surface area (Å²) in [6.07, 6.45) is 3.49. The van der Waals surface area contributed by atoms with Crippen LogP contribution in [0.25, 0.3) is 0 Å². The predicted octanol–water partition coefficient (Wildman–Crippen LogP) is 2.96. The highest BCUT2D eigenvalue weighted by Gasteiger charge is 2.15. The number of anilines is 1. The molecule has 0 saturated carbocycles. The minimum atomic E-state index is 0.774. The summed E-state index contributed by atoms with van der Waals surface area (Å²) in [5, 5.41) is 10.1. The summed E-state index contributed by atoms with van der Waals surface area (Å²) in [6, 6.07) is 8.55. The van der Waals surface area contributed by atoms with Gasteiger partial charge in [0.2, 0.25) is 0 Å². The molecule has 0 spiro atoms. The molecule has 1 aromatic heterocycles. The maximum atomic E-state index is 4.76. The molecule has 6 heteroatoms. The van der Waals surface area contributed by atoms with E-state index in [1.807, 2.05) is 0 Å². The molecule has 2 aromatic rings. The zero-order chi connectivity index (χ0) is 17.5. The van der Waals surface area contributed by atoms with Gasteiger partial charge in [0.25, 0.3) is 0 Å². The molecule has 0 aliphatic carbocycles. The fourth-order valence-electron chi connectivity index (χ4n) is 2.89. The number of aryl methyl sites for hydroxylation is 1. The Hall–Kier alpha value is -2.08. The topological polar surface area (TPSA) is 52.6 Å². The number of nitrogens with one attached hydrogen (secondary N) is 2. The van der Waals surface area contributed by atoms with Crippen LogP contribution in [0.2, 0.25) is 0 Å². The van der Waals surface area contributed by atoms with Gasteiger partial charge in [-0.05, 0) is 25.3 Å². The molecule has 0 radical (unpaired) electrons. The van der Waals surface area contributed by atoms with E-state index in [1.165, 1.54) is 29.1 Å². The summed E-state index contributed by atoms with van der Waals surface area (Å²) in [4.78, 5) is 11.4. The van der Waals surface area contributed by atoms with Crippen molar-refractivity contribution in [1.29, 1.82) is 0 Å². The summed E-state index contributed by atoms with van der Waals surface area (Å²) < 4.78 is 0. The number of hydrogen-bond acceptors (Lipinski definition) is 4. The highest BCUT2D eigenvalue weighted by Crippen LogP contribution is 2.24. The van der Waals surface area contributed by atoms with E-state index in [-0.39, 0.29) is 0 Å². The molecular formula is C19H27N5S. The lowest BCUT2D eigenvalue weighted by atomic mass is 10.1. The normalized spacial score (nSPS) is 14.8. The Labute approximate surface area is 154 Å². The Morgan fingerprint density at radius 2 is 1.96 bits per heavy atom. The number of nitrogens with zero attached hydrogens (tertiary/aromatic N) is 3. The van der Waals surface area contributed by atoms with Crippen molar-refractivity contribution in [2.45, 2.75) is 32.7 Å². The number of rotatable bonds is 6. The van der Waals surface area contributed by atoms with Crippen molar-refractivity contribution >= 4 is 22.4 Å². The molecule has 0 amide bonds. The Morgan fingerprint density at radius 1 is 1.20 bits per heavy atom. The molecule has 0 unspecified atom stereocenters. The molecule has 134 valence electrons. The van der Waals surface area contributed by atoms with Crippen molar-refractivity contribution in [3.63, 3.8) is 0 Å². The maximum absolute atomic E-state index is 4.76. The van der Waals surface area contributed by atoms with E-state index in [0.29, 0.717) is 0 Å². The van der Waals surface area contributed by atoms with Crippen molar-refractivity contribution in [1.82, 2.24) is 15.6 Å². The average molecular weight is 358 g/mol. The summed E-state index contributed by atoms with van der Waals surface area (Å²) in [5.74, 6) is 0.829. The van der Waals surface area contributed by atoms with Gasteiger partial charge in [-0.3, -0.25) is 4.99 Å². The van der Waals surface area contributed by atoms with Crippen LogP contribution in [-0.4, -0.2) is 37.6 Å². The van der Waals surface area contributed by atoms with Gasteiger partial charge in [-0.15, -0.1) is 11.3 Å². The number of aromatic nitrogens is 1. The fourth-order valence-corrected chi connectivity index (χ4v) is 3.80. The van der Waals surface area contributed by atoms with Crippen LogP contribution in [0.15, 0.2) is 34.6 Å². The SMILES string of the molecule is CN=C(NCCc1csc(N2CCCC2)n1)NCc1ccc(C)cc1. The minimum Gasteiger partial charge on any atom is -0.356 e. The van der Waals surface area contributed by atoms with Gasteiger partial charge in [0.15, 0.2) is 11.1 Å². The van der Waals surface area contributed by atoms with Crippen molar-refractivity contribution < 1.29 is 0 Å². The number of thiazole rings is 1. The van der Waals surface area contributed by atoms with Gasteiger partial charge in [0, 0.05) is 45.0 Å². The number of hydrogen-bond donors (Lipinski definition) is 2. The van der Waals surface area contributed by atoms with Crippen molar-refractivity contribution in [2.75, 3.05) is 31.6 Å². The van der Waals surface area contributed by atoms with E-state index in [4.69, 9.17) is 4.98 Å². The van der Waals surface area contributed by atoms with Crippen LogP contribution in [0.3, 0.4) is 0 Å². The molecule has 25 heavy (non-hydrogen) atoms. The van der Waals surface area contributed by atoms with Gasteiger partial charge in [-0.1, -0.05) is 29.8 Å². The third kappa shape index (κ3) is 5.19. The zero-order valence-corrected chi connectivity index (χ0v) is 15.9. The zero-order valence-electron chi connectivity index (χ0n) is 15.1. The summed E-state index contributed by atoms with van der Waals surface area (Å²) in [5.41, 5.74) is 3.69. The second-order valence-corrected chi connectivity index (χ2v) is 7.24. The van der Waals surface area contributed by atoms with E-state index in [9.17, 15) is 0 Å². The molecule has 2 N–H and O–H groups in total. The molecule has 2 heterocycles. The van der Waals surface area contributed by atoms with Gasteiger partial charge in [0.1, 0.15) is 0 Å². The summed E-state index contributed by atoms with van der Waals surface area (Å²) in [6.45, 7) is 6.01. The van der Waals surface area contributed by atoms with E-state index in [0.717, 1.165) is 44.3 Å². The molecule has 5 nitrogen and oxygen atoms in total. The molecule has 1 aliphatic heterocycles. The van der Waals surface area contributed by atoms with Crippen LogP contribution in [0.5, 0.6) is 0 Å². The van der Waals surface area contributed by atoms with Crippen molar-refractivity contribution in [2.24, 2.45) is 4.99 Å². The molecular weight excluding hydrogens is 330 g/mol. The first kappa shape index (κ1) is 17.7. The molecule has 1 saturated heterocycles. The number of guanidine groups is 1. The lowest BCUT2D eigenvalue weighted by molar-refractivity contribution is 0.785. The second kappa shape index (κ2) is 8.85. The first-order chi connectivity index (χ1) is 12.2. The maximum Gasteiger partial charge on any atom is 0.191 e. The third-order valence-corrected chi connectivity index (χ3v) is 5.34. The van der Waals surface area contributed by atoms with Crippen LogP contribution < -0.4 is 15.5 Å². The van der Waals surface area contributed by atoms with E-state index >= 15 is 0 Å². The highest BCUT2D eigenvalue weighted by molar-refractivity contribution is 7.13. The smallest absolute Gasteiger partial charge is 0.191 e. The van der Waals surface area contributed by atoms with Gasteiger partial charge in [0.05, 0.1) is 5.69 Å². The molecule has 0 bridgehead atoms. The van der Waals surface area contributed by atoms with Crippen LogP contribution in [0, 0.1) is 6.92 Å². The molecule has 1 aliphatic rings. The molecule has 3 rings (SSSR count). The second-order valence-electron chi connectivity index (χ2n) is 6.40. The predicted molar refractivity (Wildman–Crippen MR) is 107 cm³/mol. The monoisotopic (exact) mass is 357 g/mol. The lowest BCUT2D eigenvalue weighted by Gasteiger charge is -2.12. The van der Waals surface area contributed by atoms with E-state index in [1.54, 1.807) is 18.4 Å². The first-order valence-electron chi connectivity index (χ1n) is 8.94. The van der Waals surface area contributed by atoms with E-state index in [2.05, 4.69) is 57.1 Å². The first-order valence-corrected chi connectivity index (χ1v) is 9.82. The number of aliphatic imine (C=N–C) groups is 1. The third-order valence-electron chi connectivity index (χ3n) is 4.39. The molecule has 0 atom stereocenters. The minimum absolute atomic E-state index is 0.774. The Kier molecular flexibility index (Phi) is 6.28. The highest BCUT2D eigenvalue weighted by atomic mass is 32.1. The summed E-state index contributed by atoms with van der Waals surface area (Å²) in [7, 11) is 1.80. The fraction of sp³-hybridized carbons (Fsp3) is 0.474. The van der Waals surface area contributed by atoms with Crippen molar-refractivity contribution in [3.8, 4) is 0 Å². The Balaban J connectivity index is 1.41. The van der Waals surface area contributed by atoms with Crippen LogP contribution in [0.1, 0.15) is 29.7 Å². The molecule has 1 aromatic carbocycles. The van der Waals surface area contributed by atoms with Crippen LogP contribution >= 0.6 is 11.3 Å². The lowest BCUT2D eigenvalue weighted by Crippen LogP contribution is -2.37. The molecule has 1 fully saturated rings. The Morgan fingerprint density at radius 3 is 2.68 bits per heavy atom. The van der Waals surface area contributed by atoms with Gasteiger partial charge >= 0.3 is 0 Å². The van der Waals surface area contributed by atoms with Crippen molar-refractivity contribution in [3.05, 3.63) is 46.5 Å². The van der Waals surface area contributed by atoms with Gasteiger partial charge in [-0.2, -0.15) is 0 Å². The quantitative estimate of drug-likeness (QED) is 0.616. The van der Waals surface area contributed by atoms with Gasteiger partial charge < -0.3 is 15.5 Å². The largest absolute Gasteiger partial charge is 0.356 e. The standard InChI is InChI=1S/C19H27N5S/c1-15-5-7-16(8-6-15)13-22-18(20-2)21-10-9-17-14-25-19(23-17)24-11-3-4-12-24/h5-8,14H,3-4,9-13H2,1-2H3,(H2,20,21,22). The van der Waals surface area contributed by atoms with Gasteiger partial charge in [-0.25, -0.2) is 4.98 Å².